The molecule has 264 valence electrons. The van der Waals surface area contributed by atoms with Gasteiger partial charge in [0.2, 0.25) is 11.9 Å². The lowest BCUT2D eigenvalue weighted by molar-refractivity contribution is -0.141. The largest absolute Gasteiger partial charge is 0.483 e. The molecule has 0 saturated carbocycles. The Kier molecular flexibility index (Phi) is 11.1. The number of piperidine rings is 1. The van der Waals surface area contributed by atoms with E-state index in [4.69, 9.17) is 21.5 Å². The molecular weight excluding hydrogens is 685 g/mol. The van der Waals surface area contributed by atoms with Crippen molar-refractivity contribution in [2.75, 3.05) is 44.6 Å². The average Bonchev–Trinajstić information content (AvgIpc) is 3.73. The summed E-state index contributed by atoms with van der Waals surface area (Å²) in [4.78, 5) is 63.0. The van der Waals surface area contributed by atoms with Gasteiger partial charge in [0.15, 0.2) is 11.5 Å². The van der Waals surface area contributed by atoms with Crippen molar-refractivity contribution in [3.05, 3.63) is 71.2 Å². The predicted molar refractivity (Wildman–Crippen MR) is 173 cm³/mol. The molecule has 4 aromatic rings. The number of imidazole rings is 1. The van der Waals surface area contributed by atoms with Crippen LogP contribution in [0.15, 0.2) is 49.1 Å². The molecule has 15 nitrogen and oxygen atoms in total. The van der Waals surface area contributed by atoms with Crippen LogP contribution in [0.2, 0.25) is 5.02 Å². The van der Waals surface area contributed by atoms with Crippen molar-refractivity contribution < 1.29 is 37.5 Å². The Morgan fingerprint density at radius 2 is 1.68 bits per heavy atom. The minimum atomic E-state index is -4.81. The zero-order valence-corrected chi connectivity index (χ0v) is 27.4. The van der Waals surface area contributed by atoms with Crippen molar-refractivity contribution >= 4 is 41.5 Å². The number of halogens is 4. The molecule has 6 rings (SSSR count). The summed E-state index contributed by atoms with van der Waals surface area (Å²) in [6.07, 6.45) is 1.83. The monoisotopic (exact) mass is 716 g/mol. The lowest BCUT2D eigenvalue weighted by atomic mass is 9.96. The van der Waals surface area contributed by atoms with E-state index < -0.39 is 17.8 Å². The zero-order valence-electron chi connectivity index (χ0n) is 26.6. The summed E-state index contributed by atoms with van der Waals surface area (Å²) in [7, 11) is 1.40. The quantitative estimate of drug-likeness (QED) is 0.251. The first kappa shape index (κ1) is 35.9. The van der Waals surface area contributed by atoms with Gasteiger partial charge < -0.3 is 30.1 Å². The molecule has 2 aliphatic heterocycles. The summed E-state index contributed by atoms with van der Waals surface area (Å²) in [6, 6.07) is 5.93. The van der Waals surface area contributed by atoms with Gasteiger partial charge in [-0.15, -0.1) is 0 Å². The Morgan fingerprint density at radius 1 is 1.04 bits per heavy atom. The Labute approximate surface area is 288 Å². The van der Waals surface area contributed by atoms with E-state index in [0.717, 1.165) is 43.0 Å². The standard InChI is InChI=1S/C30H30ClF3N10O3.CH2O2/c1-41-23(21-17-44(29-36-7-2-8-37-29)40-24(21)30(32,33)34)16-38-25(41)26(45)39-19-3-4-20(22(31)15-19)28(47)43-13-11-42(12-14-43)27(46)18-5-9-35-10-6-18;2-1-3/h2-4,7-8,15-18,35H,5-6,9-14H2,1H3,(H,39,45);1H,(H,2,3). The number of carbonyl (C=O) groups excluding carboxylic acids is 3. The molecule has 3 aromatic heterocycles. The van der Waals surface area contributed by atoms with Gasteiger partial charge in [-0.3, -0.25) is 19.2 Å². The topological polar surface area (TPSA) is 180 Å². The molecular formula is C31H32ClF3N10O5. The number of hydrogen-bond donors (Lipinski definition) is 3. The molecule has 5 heterocycles. The normalized spacial score (nSPS) is 15.2. The lowest BCUT2D eigenvalue weighted by Crippen LogP contribution is -2.52. The van der Waals surface area contributed by atoms with Gasteiger partial charge in [0.25, 0.3) is 18.3 Å². The predicted octanol–water partition coefficient (Wildman–Crippen LogP) is 2.97. The molecule has 1 aromatic carbocycles. The third-order valence-corrected chi connectivity index (χ3v) is 8.54. The van der Waals surface area contributed by atoms with Crippen molar-refractivity contribution in [3.8, 4) is 17.2 Å². The number of carbonyl (C=O) groups is 4. The summed E-state index contributed by atoms with van der Waals surface area (Å²) >= 11 is 6.47. The molecule has 2 saturated heterocycles. The minimum Gasteiger partial charge on any atom is -0.483 e. The second-order valence-electron chi connectivity index (χ2n) is 11.3. The summed E-state index contributed by atoms with van der Waals surface area (Å²) in [5.41, 5.74) is -1.03. The third kappa shape index (κ3) is 7.92. The first-order valence-corrected chi connectivity index (χ1v) is 15.7. The van der Waals surface area contributed by atoms with E-state index in [2.05, 4.69) is 30.7 Å². The smallest absolute Gasteiger partial charge is 0.435 e. The van der Waals surface area contributed by atoms with Gasteiger partial charge in [0, 0.05) is 63.4 Å². The molecule has 2 aliphatic rings. The van der Waals surface area contributed by atoms with Crippen LogP contribution in [0.1, 0.15) is 39.5 Å². The molecule has 0 aliphatic carbocycles. The molecule has 0 bridgehead atoms. The average molecular weight is 717 g/mol. The van der Waals surface area contributed by atoms with Crippen LogP contribution < -0.4 is 10.6 Å². The molecule has 0 spiro atoms. The Morgan fingerprint density at radius 3 is 2.30 bits per heavy atom. The van der Waals surface area contributed by atoms with Crippen LogP contribution >= 0.6 is 11.6 Å². The third-order valence-electron chi connectivity index (χ3n) is 8.23. The molecule has 19 heteroatoms. The van der Waals surface area contributed by atoms with Crippen LogP contribution in [0, 0.1) is 5.92 Å². The van der Waals surface area contributed by atoms with Gasteiger partial charge >= 0.3 is 6.18 Å². The summed E-state index contributed by atoms with van der Waals surface area (Å²) in [6.45, 7) is 3.03. The first-order valence-electron chi connectivity index (χ1n) is 15.4. The van der Waals surface area contributed by atoms with Gasteiger partial charge in [0.1, 0.15) is 0 Å². The number of nitrogens with zero attached hydrogens (tertiary/aromatic N) is 8. The summed E-state index contributed by atoms with van der Waals surface area (Å²) in [5.74, 6) is -1.10. The fourth-order valence-electron chi connectivity index (χ4n) is 5.73. The van der Waals surface area contributed by atoms with Gasteiger partial charge in [0.05, 0.1) is 28.0 Å². The van der Waals surface area contributed by atoms with E-state index in [9.17, 15) is 27.6 Å². The highest BCUT2D eigenvalue weighted by Crippen LogP contribution is 2.36. The van der Waals surface area contributed by atoms with Crippen LogP contribution in [-0.4, -0.2) is 108 Å². The maximum Gasteiger partial charge on any atom is 0.435 e. The number of hydrogen-bond acceptors (Lipinski definition) is 9. The number of carboxylic acid groups (broad SMARTS) is 1. The van der Waals surface area contributed by atoms with E-state index in [1.807, 2.05) is 4.90 Å². The van der Waals surface area contributed by atoms with Crippen molar-refractivity contribution in [3.63, 3.8) is 0 Å². The number of aromatic nitrogens is 6. The number of nitrogens with one attached hydrogen (secondary N) is 2. The lowest BCUT2D eigenvalue weighted by Gasteiger charge is -2.37. The molecule has 3 amide bonds. The molecule has 0 unspecified atom stereocenters. The number of alkyl halides is 3. The maximum absolute atomic E-state index is 13.9. The van der Waals surface area contributed by atoms with Crippen molar-refractivity contribution in [2.45, 2.75) is 19.0 Å². The van der Waals surface area contributed by atoms with Crippen LogP contribution in [0.5, 0.6) is 0 Å². The summed E-state index contributed by atoms with van der Waals surface area (Å²) in [5, 5.41) is 16.5. The Balaban J connectivity index is 0.00000156. The highest BCUT2D eigenvalue weighted by molar-refractivity contribution is 6.34. The zero-order chi connectivity index (χ0) is 36.0. The van der Waals surface area contributed by atoms with Crippen molar-refractivity contribution in [2.24, 2.45) is 13.0 Å². The van der Waals surface area contributed by atoms with Crippen LogP contribution in [0.3, 0.4) is 0 Å². The number of anilines is 1. The summed E-state index contributed by atoms with van der Waals surface area (Å²) < 4.78 is 43.9. The highest BCUT2D eigenvalue weighted by Gasteiger charge is 2.39. The first-order chi connectivity index (χ1) is 23.9. The van der Waals surface area contributed by atoms with Crippen LogP contribution in [0.25, 0.3) is 17.2 Å². The molecule has 50 heavy (non-hydrogen) atoms. The highest BCUT2D eigenvalue weighted by atomic mass is 35.5. The van der Waals surface area contributed by atoms with E-state index in [0.29, 0.717) is 26.2 Å². The SMILES string of the molecule is Cn1c(-c2cn(-c3ncccn3)nc2C(F)(F)F)cnc1C(=O)Nc1ccc(C(=O)N2CCN(C(=O)C3CCNCC3)CC2)c(Cl)c1.O=CO. The number of benzene rings is 1. The fourth-order valence-corrected chi connectivity index (χ4v) is 6.00. The van der Waals surface area contributed by atoms with E-state index in [-0.39, 0.29) is 63.5 Å². The number of rotatable bonds is 6. The van der Waals surface area contributed by atoms with Crippen LogP contribution in [0.4, 0.5) is 18.9 Å². The minimum absolute atomic E-state index is 0.0128. The fraction of sp³-hybridized carbons (Fsp3) is 0.355. The maximum atomic E-state index is 13.9. The number of amides is 3. The molecule has 0 atom stereocenters. The van der Waals surface area contributed by atoms with Gasteiger partial charge in [-0.1, -0.05) is 11.6 Å². The van der Waals surface area contributed by atoms with E-state index in [1.165, 1.54) is 48.3 Å². The van der Waals surface area contributed by atoms with Crippen LogP contribution in [-0.2, 0) is 22.8 Å². The second-order valence-corrected chi connectivity index (χ2v) is 11.7. The van der Waals surface area contributed by atoms with Gasteiger partial charge in [-0.05, 0) is 50.2 Å². The van der Waals surface area contributed by atoms with E-state index in [1.54, 1.807) is 4.90 Å². The molecule has 3 N–H and O–H groups in total. The molecule has 0 radical (unpaired) electrons. The van der Waals surface area contributed by atoms with Crippen molar-refractivity contribution in [1.82, 2.24) is 44.4 Å². The van der Waals surface area contributed by atoms with E-state index >= 15 is 0 Å². The second kappa shape index (κ2) is 15.5. The van der Waals surface area contributed by atoms with Gasteiger partial charge in [-0.25, -0.2) is 19.6 Å². The Hall–Kier alpha value is -5.36. The number of piperazine rings is 1. The van der Waals surface area contributed by atoms with Crippen molar-refractivity contribution in [1.29, 1.82) is 0 Å². The van der Waals surface area contributed by atoms with Gasteiger partial charge in [-0.2, -0.15) is 18.3 Å². The molecule has 2 fully saturated rings. The Bertz CT molecular complexity index is 1850.